The fourth-order valence-corrected chi connectivity index (χ4v) is 4.00. The summed E-state index contributed by atoms with van der Waals surface area (Å²) in [5.74, 6) is 0. The summed E-state index contributed by atoms with van der Waals surface area (Å²) in [6.07, 6.45) is 0.486. The molecule has 0 bridgehead atoms. The SMILES string of the molecule is CC(C)(C)OC(=O)NCCCCC(CN(CCO)CCNC(=O)OCc1ccccc1)NC(=O)OCc1ccccc1. The van der Waals surface area contributed by atoms with Gasteiger partial charge < -0.3 is 35.3 Å². The zero-order valence-electron chi connectivity index (χ0n) is 25.0. The Labute approximate surface area is 248 Å². The summed E-state index contributed by atoms with van der Waals surface area (Å²) in [6.45, 7) is 7.64. The highest BCUT2D eigenvalue weighted by Gasteiger charge is 2.19. The Hall–Kier alpha value is -3.83. The first-order valence-electron chi connectivity index (χ1n) is 14.4. The molecular weight excluding hydrogens is 540 g/mol. The number of benzene rings is 2. The molecule has 11 heteroatoms. The first kappa shape index (κ1) is 34.4. The standard InChI is InChI=1S/C31H46N4O7/c1-31(2,3)42-29(38)32-17-11-10-16-27(34-30(39)41-24-26-14-8-5-9-15-26)22-35(20-21-36)19-18-33-28(37)40-23-25-12-6-4-7-13-25/h4-9,12-15,27,36H,10-11,16-24H2,1-3H3,(H,32,38)(H,33,37)(H,34,39). The molecule has 2 rings (SSSR count). The fraction of sp³-hybridized carbons (Fsp3) is 0.516. The maximum absolute atomic E-state index is 12.6. The van der Waals surface area contributed by atoms with Gasteiger partial charge in [0, 0.05) is 38.8 Å². The van der Waals surface area contributed by atoms with E-state index in [1.807, 2.05) is 65.6 Å². The molecule has 0 saturated carbocycles. The summed E-state index contributed by atoms with van der Waals surface area (Å²) in [7, 11) is 0. The molecule has 0 heterocycles. The number of amides is 3. The molecule has 3 amide bonds. The average Bonchev–Trinajstić information content (AvgIpc) is 2.95. The molecule has 0 aliphatic carbocycles. The molecule has 0 aliphatic rings. The highest BCUT2D eigenvalue weighted by atomic mass is 16.6. The molecule has 2 aromatic rings. The van der Waals surface area contributed by atoms with Crippen molar-refractivity contribution in [3.05, 3.63) is 71.8 Å². The Bertz CT molecular complexity index is 1050. The molecule has 11 nitrogen and oxygen atoms in total. The van der Waals surface area contributed by atoms with Crippen molar-refractivity contribution < 1.29 is 33.7 Å². The summed E-state index contributed by atoms with van der Waals surface area (Å²) in [6, 6.07) is 18.5. The first-order chi connectivity index (χ1) is 20.1. The minimum atomic E-state index is -0.567. The minimum absolute atomic E-state index is 0.0799. The van der Waals surface area contributed by atoms with Crippen LogP contribution in [0.5, 0.6) is 0 Å². The largest absolute Gasteiger partial charge is 0.445 e. The number of nitrogens with zero attached hydrogens (tertiary/aromatic N) is 1. The number of alkyl carbamates (subject to hydrolysis) is 3. The third-order valence-corrected chi connectivity index (χ3v) is 5.99. The topological polar surface area (TPSA) is 138 Å². The molecule has 42 heavy (non-hydrogen) atoms. The zero-order valence-corrected chi connectivity index (χ0v) is 25.0. The number of aliphatic hydroxyl groups excluding tert-OH is 1. The maximum Gasteiger partial charge on any atom is 0.407 e. The normalized spacial score (nSPS) is 11.8. The number of carbonyl (C=O) groups is 3. The predicted octanol–water partition coefficient (Wildman–Crippen LogP) is 4.20. The first-order valence-corrected chi connectivity index (χ1v) is 14.4. The van der Waals surface area contributed by atoms with Crippen LogP contribution in [0, 0.1) is 0 Å². The third kappa shape index (κ3) is 16.4. The van der Waals surface area contributed by atoms with E-state index < -0.39 is 23.9 Å². The Morgan fingerprint density at radius 3 is 1.93 bits per heavy atom. The highest BCUT2D eigenvalue weighted by Crippen LogP contribution is 2.08. The van der Waals surface area contributed by atoms with Gasteiger partial charge in [-0.15, -0.1) is 0 Å². The van der Waals surface area contributed by atoms with E-state index in [9.17, 15) is 19.5 Å². The van der Waals surface area contributed by atoms with E-state index >= 15 is 0 Å². The number of carbonyl (C=O) groups excluding carboxylic acids is 3. The van der Waals surface area contributed by atoms with Crippen LogP contribution >= 0.6 is 0 Å². The highest BCUT2D eigenvalue weighted by molar-refractivity contribution is 5.68. The van der Waals surface area contributed by atoms with Crippen LogP contribution in [-0.2, 0) is 27.4 Å². The van der Waals surface area contributed by atoms with Crippen molar-refractivity contribution in [1.82, 2.24) is 20.9 Å². The van der Waals surface area contributed by atoms with Crippen molar-refractivity contribution >= 4 is 18.3 Å². The van der Waals surface area contributed by atoms with Crippen molar-refractivity contribution in [2.45, 2.75) is 64.9 Å². The van der Waals surface area contributed by atoms with E-state index in [0.29, 0.717) is 45.6 Å². The number of ether oxygens (including phenoxy) is 3. The van der Waals surface area contributed by atoms with Gasteiger partial charge in [-0.3, -0.25) is 4.90 Å². The summed E-state index contributed by atoms with van der Waals surface area (Å²) in [4.78, 5) is 38.6. The number of hydrogen-bond donors (Lipinski definition) is 4. The number of aliphatic hydroxyl groups is 1. The summed E-state index contributed by atoms with van der Waals surface area (Å²) >= 11 is 0. The second kappa shape index (κ2) is 19.3. The predicted molar refractivity (Wildman–Crippen MR) is 160 cm³/mol. The second-order valence-electron chi connectivity index (χ2n) is 10.8. The Morgan fingerprint density at radius 1 is 0.786 bits per heavy atom. The summed E-state index contributed by atoms with van der Waals surface area (Å²) in [5.41, 5.74) is 1.21. The van der Waals surface area contributed by atoms with Gasteiger partial charge in [0.15, 0.2) is 0 Å². The van der Waals surface area contributed by atoms with Crippen LogP contribution in [0.4, 0.5) is 14.4 Å². The van der Waals surface area contributed by atoms with Gasteiger partial charge in [0.1, 0.15) is 18.8 Å². The molecule has 0 aliphatic heterocycles. The number of rotatable bonds is 17. The monoisotopic (exact) mass is 586 g/mol. The number of nitrogens with one attached hydrogen (secondary N) is 3. The van der Waals surface area contributed by atoms with E-state index in [2.05, 4.69) is 16.0 Å². The van der Waals surface area contributed by atoms with Crippen LogP contribution in [0.1, 0.15) is 51.2 Å². The molecule has 0 aromatic heterocycles. The molecule has 4 N–H and O–H groups in total. The Kier molecular flexibility index (Phi) is 15.8. The van der Waals surface area contributed by atoms with Crippen molar-refractivity contribution in [3.63, 3.8) is 0 Å². The third-order valence-electron chi connectivity index (χ3n) is 5.99. The van der Waals surface area contributed by atoms with Crippen molar-refractivity contribution in [3.8, 4) is 0 Å². The van der Waals surface area contributed by atoms with Crippen molar-refractivity contribution in [2.75, 3.05) is 39.3 Å². The molecule has 1 unspecified atom stereocenters. The molecule has 0 spiro atoms. The van der Waals surface area contributed by atoms with Crippen molar-refractivity contribution in [1.29, 1.82) is 0 Å². The quantitative estimate of drug-likeness (QED) is 0.160. The van der Waals surface area contributed by atoms with Gasteiger partial charge in [-0.25, -0.2) is 14.4 Å². The molecule has 1 atom stereocenters. The van der Waals surface area contributed by atoms with Gasteiger partial charge in [-0.05, 0) is 51.2 Å². The van der Waals surface area contributed by atoms with Crippen molar-refractivity contribution in [2.24, 2.45) is 0 Å². The van der Waals surface area contributed by atoms with Crippen LogP contribution in [0.15, 0.2) is 60.7 Å². The van der Waals surface area contributed by atoms with Gasteiger partial charge >= 0.3 is 18.3 Å². The molecule has 2 aromatic carbocycles. The molecular formula is C31H46N4O7. The van der Waals surface area contributed by atoms with Crippen LogP contribution < -0.4 is 16.0 Å². The van der Waals surface area contributed by atoms with Crippen LogP contribution in [0.2, 0.25) is 0 Å². The van der Waals surface area contributed by atoms with Crippen LogP contribution in [0.3, 0.4) is 0 Å². The number of hydrogen-bond acceptors (Lipinski definition) is 8. The lowest BCUT2D eigenvalue weighted by atomic mass is 10.1. The fourth-order valence-electron chi connectivity index (χ4n) is 4.00. The van der Waals surface area contributed by atoms with Crippen LogP contribution in [0.25, 0.3) is 0 Å². The van der Waals surface area contributed by atoms with Crippen LogP contribution in [-0.4, -0.2) is 79.3 Å². The smallest absolute Gasteiger partial charge is 0.407 e. The van der Waals surface area contributed by atoms with E-state index in [0.717, 1.165) is 17.5 Å². The Morgan fingerprint density at radius 2 is 1.36 bits per heavy atom. The molecule has 0 radical (unpaired) electrons. The van der Waals surface area contributed by atoms with Gasteiger partial charge in [-0.2, -0.15) is 0 Å². The molecule has 232 valence electrons. The summed E-state index contributed by atoms with van der Waals surface area (Å²) in [5, 5.41) is 18.0. The van der Waals surface area contributed by atoms with E-state index in [1.165, 1.54) is 0 Å². The second-order valence-corrected chi connectivity index (χ2v) is 10.8. The maximum atomic E-state index is 12.6. The minimum Gasteiger partial charge on any atom is -0.445 e. The van der Waals surface area contributed by atoms with Gasteiger partial charge in [-0.1, -0.05) is 60.7 Å². The Balaban J connectivity index is 1.85. The lowest BCUT2D eigenvalue weighted by Crippen LogP contribution is -2.46. The van der Waals surface area contributed by atoms with Gasteiger partial charge in [0.2, 0.25) is 0 Å². The zero-order chi connectivity index (χ0) is 30.6. The average molecular weight is 587 g/mol. The van der Waals surface area contributed by atoms with E-state index in [4.69, 9.17) is 14.2 Å². The van der Waals surface area contributed by atoms with Gasteiger partial charge in [0.25, 0.3) is 0 Å². The number of unbranched alkanes of at least 4 members (excludes halogenated alkanes) is 1. The van der Waals surface area contributed by atoms with Gasteiger partial charge in [0.05, 0.1) is 6.61 Å². The molecule has 0 fully saturated rings. The lowest BCUT2D eigenvalue weighted by molar-refractivity contribution is 0.0526. The van der Waals surface area contributed by atoms with E-state index in [1.54, 1.807) is 20.8 Å². The molecule has 0 saturated heterocycles. The summed E-state index contributed by atoms with van der Waals surface area (Å²) < 4.78 is 15.9. The lowest BCUT2D eigenvalue weighted by Gasteiger charge is -2.27. The van der Waals surface area contributed by atoms with E-state index in [-0.39, 0.29) is 25.9 Å².